The predicted molar refractivity (Wildman–Crippen MR) is 109 cm³/mol. The van der Waals surface area contributed by atoms with Gasteiger partial charge < -0.3 is 18.9 Å². The third-order valence-corrected chi connectivity index (χ3v) is 4.59. The van der Waals surface area contributed by atoms with Crippen molar-refractivity contribution < 1.29 is 18.9 Å². The van der Waals surface area contributed by atoms with Gasteiger partial charge in [0.2, 0.25) is 0 Å². The molecule has 0 aliphatic carbocycles. The van der Waals surface area contributed by atoms with Crippen LogP contribution in [-0.2, 0) is 15.9 Å². The van der Waals surface area contributed by atoms with Crippen molar-refractivity contribution in [2.75, 3.05) is 39.6 Å². The maximum absolute atomic E-state index is 5.94. The highest BCUT2D eigenvalue weighted by Gasteiger charge is 2.13. The summed E-state index contributed by atoms with van der Waals surface area (Å²) in [6.07, 6.45) is 7.74. The lowest BCUT2D eigenvalue weighted by Gasteiger charge is -2.16. The van der Waals surface area contributed by atoms with E-state index in [1.807, 2.05) is 36.4 Å². The van der Waals surface area contributed by atoms with Gasteiger partial charge in [0, 0.05) is 23.4 Å². The van der Waals surface area contributed by atoms with E-state index in [-0.39, 0.29) is 0 Å². The largest absolute Gasteiger partial charge is 0.487 e. The summed E-state index contributed by atoms with van der Waals surface area (Å²) in [6.45, 7) is 2.92. The van der Waals surface area contributed by atoms with Crippen molar-refractivity contribution in [3.05, 3.63) is 59.5 Å². The number of ether oxygens (including phenoxy) is 4. The molecule has 0 saturated heterocycles. The lowest BCUT2D eigenvalue weighted by Crippen LogP contribution is -2.15. The van der Waals surface area contributed by atoms with E-state index in [2.05, 4.69) is 15.9 Å². The molecule has 6 nitrogen and oxygen atoms in total. The molecule has 2 aromatic carbocycles. The van der Waals surface area contributed by atoms with Crippen LogP contribution in [0.5, 0.6) is 11.5 Å². The Balaban J connectivity index is 1.67. The molecule has 6 heteroatoms. The maximum atomic E-state index is 5.94. The van der Waals surface area contributed by atoms with Crippen molar-refractivity contribution in [3.63, 3.8) is 0 Å². The summed E-state index contributed by atoms with van der Waals surface area (Å²) in [5, 5.41) is 0.922. The second-order valence-electron chi connectivity index (χ2n) is 6.58. The zero-order valence-corrected chi connectivity index (χ0v) is 16.1. The van der Waals surface area contributed by atoms with E-state index in [1.165, 1.54) is 0 Å². The second-order valence-corrected chi connectivity index (χ2v) is 6.58. The molecule has 0 saturated carbocycles. The first-order chi connectivity index (χ1) is 14.3. The Hall–Kier alpha value is -3.14. The first kappa shape index (κ1) is 19.2. The van der Waals surface area contributed by atoms with Gasteiger partial charge in [0.05, 0.1) is 37.6 Å². The van der Waals surface area contributed by atoms with Crippen LogP contribution in [0.15, 0.2) is 42.7 Å². The highest BCUT2D eigenvalue weighted by molar-refractivity contribution is 5.84. The van der Waals surface area contributed by atoms with Crippen LogP contribution in [0.25, 0.3) is 10.9 Å². The Bertz CT molecular complexity index is 1030. The van der Waals surface area contributed by atoms with Crippen molar-refractivity contribution in [2.24, 2.45) is 0 Å². The van der Waals surface area contributed by atoms with Crippen LogP contribution in [0.4, 0.5) is 0 Å². The highest BCUT2D eigenvalue weighted by atomic mass is 16.6. The van der Waals surface area contributed by atoms with Crippen molar-refractivity contribution in [3.8, 4) is 23.8 Å². The third kappa shape index (κ3) is 4.83. The minimum Gasteiger partial charge on any atom is -0.487 e. The SMILES string of the molecule is C#Cc1cccc(Cc2ncnc3cc4c(cc23)OCCOCCOCCO4)c1. The highest BCUT2D eigenvalue weighted by Crippen LogP contribution is 2.33. The number of aromatic nitrogens is 2. The van der Waals surface area contributed by atoms with E-state index in [0.29, 0.717) is 57.6 Å². The standard InChI is InChI=1S/C23H22N2O4/c1-2-17-4-3-5-18(12-17)13-20-19-14-22-23(15-21(19)25-16-24-20)29-11-9-27-7-6-26-8-10-28-22/h1,3-5,12,14-16H,6-11,13H2. The number of hydrogen-bond donors (Lipinski definition) is 0. The van der Waals surface area contributed by atoms with Crippen molar-refractivity contribution in [1.82, 2.24) is 9.97 Å². The van der Waals surface area contributed by atoms with Gasteiger partial charge in [0.15, 0.2) is 11.5 Å². The Morgan fingerprint density at radius 2 is 1.59 bits per heavy atom. The van der Waals surface area contributed by atoms with Crippen LogP contribution >= 0.6 is 0 Å². The van der Waals surface area contributed by atoms with E-state index in [4.69, 9.17) is 25.4 Å². The van der Waals surface area contributed by atoms with Crippen LogP contribution in [-0.4, -0.2) is 49.6 Å². The number of nitrogens with zero attached hydrogens (tertiary/aromatic N) is 2. The molecule has 1 aliphatic heterocycles. The Kier molecular flexibility index (Phi) is 6.20. The molecule has 0 fully saturated rings. The Labute approximate surface area is 169 Å². The summed E-state index contributed by atoms with van der Waals surface area (Å²) in [5.74, 6) is 3.96. The summed E-state index contributed by atoms with van der Waals surface area (Å²) < 4.78 is 22.8. The summed E-state index contributed by atoms with van der Waals surface area (Å²) in [6, 6.07) is 11.7. The van der Waals surface area contributed by atoms with Gasteiger partial charge in [-0.15, -0.1) is 6.42 Å². The lowest BCUT2D eigenvalue weighted by molar-refractivity contribution is 0.0224. The summed E-state index contributed by atoms with van der Waals surface area (Å²) in [4.78, 5) is 8.93. The average molecular weight is 390 g/mol. The van der Waals surface area contributed by atoms with Gasteiger partial charge >= 0.3 is 0 Å². The van der Waals surface area contributed by atoms with Crippen molar-refractivity contribution >= 4 is 10.9 Å². The number of fused-ring (bicyclic) bond motifs is 2. The quantitative estimate of drug-likeness (QED) is 0.627. The third-order valence-electron chi connectivity index (χ3n) is 4.59. The molecule has 4 rings (SSSR count). The normalized spacial score (nSPS) is 15.1. The van der Waals surface area contributed by atoms with Gasteiger partial charge in [-0.05, 0) is 23.8 Å². The number of benzene rings is 2. The fourth-order valence-electron chi connectivity index (χ4n) is 3.19. The fourth-order valence-corrected chi connectivity index (χ4v) is 3.19. The van der Waals surface area contributed by atoms with Gasteiger partial charge in [-0.1, -0.05) is 18.1 Å². The zero-order valence-electron chi connectivity index (χ0n) is 16.1. The molecule has 0 N–H and O–H groups in total. The first-order valence-corrected chi connectivity index (χ1v) is 9.58. The average Bonchev–Trinajstić information content (AvgIpc) is 2.74. The zero-order chi connectivity index (χ0) is 19.9. The van der Waals surface area contributed by atoms with Gasteiger partial charge in [-0.3, -0.25) is 0 Å². The maximum Gasteiger partial charge on any atom is 0.163 e. The van der Waals surface area contributed by atoms with Crippen molar-refractivity contribution in [2.45, 2.75) is 6.42 Å². The molecule has 0 atom stereocenters. The topological polar surface area (TPSA) is 62.7 Å². The minimum absolute atomic E-state index is 0.426. The van der Waals surface area contributed by atoms with Crippen LogP contribution in [0.1, 0.15) is 16.8 Å². The smallest absolute Gasteiger partial charge is 0.163 e. The number of hydrogen-bond acceptors (Lipinski definition) is 6. The van der Waals surface area contributed by atoms with Gasteiger partial charge in [0.1, 0.15) is 19.5 Å². The molecule has 0 radical (unpaired) electrons. The molecule has 1 aromatic heterocycles. The Morgan fingerprint density at radius 3 is 2.34 bits per heavy atom. The second kappa shape index (κ2) is 9.37. The molecule has 0 bridgehead atoms. The summed E-state index contributed by atoms with van der Waals surface area (Å²) in [7, 11) is 0. The molecular formula is C23H22N2O4. The van der Waals surface area contributed by atoms with Crippen LogP contribution in [0.3, 0.4) is 0 Å². The van der Waals surface area contributed by atoms with Gasteiger partial charge in [0.25, 0.3) is 0 Å². The molecule has 148 valence electrons. The Morgan fingerprint density at radius 1 is 0.862 bits per heavy atom. The van der Waals surface area contributed by atoms with E-state index >= 15 is 0 Å². The molecular weight excluding hydrogens is 368 g/mol. The lowest BCUT2D eigenvalue weighted by atomic mass is 10.0. The van der Waals surface area contributed by atoms with E-state index in [9.17, 15) is 0 Å². The summed E-state index contributed by atoms with van der Waals surface area (Å²) in [5.41, 5.74) is 3.65. The van der Waals surface area contributed by atoms with E-state index < -0.39 is 0 Å². The molecule has 29 heavy (non-hydrogen) atoms. The number of rotatable bonds is 2. The minimum atomic E-state index is 0.426. The number of terminal acetylenes is 1. The van der Waals surface area contributed by atoms with Crippen LogP contribution in [0, 0.1) is 12.3 Å². The van der Waals surface area contributed by atoms with Crippen LogP contribution < -0.4 is 9.47 Å². The molecule has 0 spiro atoms. The van der Waals surface area contributed by atoms with E-state index in [1.54, 1.807) is 6.33 Å². The van der Waals surface area contributed by atoms with E-state index in [0.717, 1.165) is 27.7 Å². The molecule has 0 unspecified atom stereocenters. The first-order valence-electron chi connectivity index (χ1n) is 9.58. The summed E-state index contributed by atoms with van der Waals surface area (Å²) >= 11 is 0. The molecule has 0 amide bonds. The molecule has 2 heterocycles. The monoisotopic (exact) mass is 390 g/mol. The molecule has 3 aromatic rings. The van der Waals surface area contributed by atoms with Gasteiger partial charge in [-0.2, -0.15) is 0 Å². The van der Waals surface area contributed by atoms with Gasteiger partial charge in [-0.25, -0.2) is 9.97 Å². The fraction of sp³-hybridized carbons (Fsp3) is 0.304. The van der Waals surface area contributed by atoms with Crippen LogP contribution in [0.2, 0.25) is 0 Å². The predicted octanol–water partition coefficient (Wildman–Crippen LogP) is 3.01. The van der Waals surface area contributed by atoms with Crippen molar-refractivity contribution in [1.29, 1.82) is 0 Å². The molecule has 1 aliphatic rings.